The van der Waals surface area contributed by atoms with Crippen molar-refractivity contribution in [1.29, 1.82) is 0 Å². The third-order valence-corrected chi connectivity index (χ3v) is 2.85. The third-order valence-electron chi connectivity index (χ3n) is 2.85. The fourth-order valence-electron chi connectivity index (χ4n) is 1.79. The lowest BCUT2D eigenvalue weighted by molar-refractivity contribution is -0.139. The van der Waals surface area contributed by atoms with E-state index in [9.17, 15) is 22.8 Å². The highest BCUT2D eigenvalue weighted by molar-refractivity contribution is 5.75. The van der Waals surface area contributed by atoms with Gasteiger partial charge in [0.15, 0.2) is 0 Å². The zero-order valence-corrected chi connectivity index (χ0v) is 11.3. The van der Waals surface area contributed by atoms with Crippen LogP contribution in [-0.4, -0.2) is 15.5 Å². The first-order valence-electron chi connectivity index (χ1n) is 6.30. The molecule has 8 heteroatoms. The van der Waals surface area contributed by atoms with Gasteiger partial charge in [-0.05, 0) is 23.8 Å². The van der Waals surface area contributed by atoms with Gasteiger partial charge < -0.3 is 9.88 Å². The lowest BCUT2D eigenvalue weighted by Gasteiger charge is -2.10. The smallest absolute Gasteiger partial charge is 0.350 e. The van der Waals surface area contributed by atoms with Crippen LogP contribution < -0.4 is 10.9 Å². The zero-order valence-electron chi connectivity index (χ0n) is 11.3. The number of alkyl halides is 3. The summed E-state index contributed by atoms with van der Waals surface area (Å²) >= 11 is 0. The second kappa shape index (κ2) is 6.42. The van der Waals surface area contributed by atoms with E-state index < -0.39 is 29.8 Å². The lowest BCUT2D eigenvalue weighted by Crippen LogP contribution is -2.34. The second-order valence-corrected chi connectivity index (χ2v) is 4.49. The van der Waals surface area contributed by atoms with Crippen molar-refractivity contribution in [1.82, 2.24) is 14.9 Å². The van der Waals surface area contributed by atoms with Crippen LogP contribution >= 0.6 is 0 Å². The summed E-state index contributed by atoms with van der Waals surface area (Å²) in [5, 5.41) is 2.51. The number of aromatic nitrogens is 2. The minimum absolute atomic E-state index is 0.181. The number of pyridine rings is 2. The van der Waals surface area contributed by atoms with Crippen molar-refractivity contribution in [2.45, 2.75) is 19.3 Å². The van der Waals surface area contributed by atoms with Crippen LogP contribution in [0.3, 0.4) is 0 Å². The first-order valence-corrected chi connectivity index (χ1v) is 6.30. The lowest BCUT2D eigenvalue weighted by atomic mass is 10.2. The van der Waals surface area contributed by atoms with E-state index >= 15 is 0 Å². The van der Waals surface area contributed by atoms with Gasteiger partial charge in [-0.15, -0.1) is 0 Å². The van der Waals surface area contributed by atoms with Crippen LogP contribution in [0.1, 0.15) is 11.1 Å². The van der Waals surface area contributed by atoms with Crippen molar-refractivity contribution in [3.63, 3.8) is 0 Å². The zero-order chi connectivity index (χ0) is 16.2. The van der Waals surface area contributed by atoms with Crippen LogP contribution in [0.2, 0.25) is 0 Å². The molecule has 0 aliphatic rings. The Hall–Kier alpha value is -2.64. The third kappa shape index (κ3) is 3.94. The highest BCUT2D eigenvalue weighted by Crippen LogP contribution is 2.25. The minimum Gasteiger partial charge on any atom is -0.350 e. The Kier molecular flexibility index (Phi) is 4.59. The number of nitrogens with one attached hydrogen (secondary N) is 1. The van der Waals surface area contributed by atoms with Gasteiger partial charge in [-0.25, -0.2) is 0 Å². The van der Waals surface area contributed by atoms with Crippen molar-refractivity contribution < 1.29 is 18.0 Å². The number of rotatable bonds is 4. The molecule has 2 aromatic rings. The van der Waals surface area contributed by atoms with Gasteiger partial charge in [-0.2, -0.15) is 13.2 Å². The van der Waals surface area contributed by atoms with Gasteiger partial charge in [-0.1, -0.05) is 6.07 Å². The highest BCUT2D eigenvalue weighted by atomic mass is 19.4. The van der Waals surface area contributed by atoms with Gasteiger partial charge in [0.25, 0.3) is 5.56 Å². The molecule has 2 aromatic heterocycles. The molecule has 0 aliphatic heterocycles. The molecule has 0 fully saturated rings. The molecular weight excluding hydrogens is 299 g/mol. The summed E-state index contributed by atoms with van der Waals surface area (Å²) in [6.07, 6.45) is -0.474. The molecule has 22 heavy (non-hydrogen) atoms. The van der Waals surface area contributed by atoms with Crippen LogP contribution in [0.25, 0.3) is 0 Å². The largest absolute Gasteiger partial charge is 0.421 e. The van der Waals surface area contributed by atoms with E-state index in [0.29, 0.717) is 6.07 Å². The van der Waals surface area contributed by atoms with Crippen molar-refractivity contribution >= 4 is 5.91 Å². The van der Waals surface area contributed by atoms with Crippen molar-refractivity contribution in [3.05, 3.63) is 64.3 Å². The number of hydrogen-bond acceptors (Lipinski definition) is 3. The van der Waals surface area contributed by atoms with Gasteiger partial charge in [0, 0.05) is 25.1 Å². The number of amides is 1. The van der Waals surface area contributed by atoms with Crippen LogP contribution in [0.5, 0.6) is 0 Å². The average molecular weight is 311 g/mol. The average Bonchev–Trinajstić information content (AvgIpc) is 2.47. The summed E-state index contributed by atoms with van der Waals surface area (Å²) < 4.78 is 38.6. The normalized spacial score (nSPS) is 11.2. The van der Waals surface area contributed by atoms with Gasteiger partial charge in [0.1, 0.15) is 12.1 Å². The molecule has 2 heterocycles. The maximum absolute atomic E-state index is 12.6. The first kappa shape index (κ1) is 15.7. The molecule has 0 saturated heterocycles. The van der Waals surface area contributed by atoms with Crippen molar-refractivity contribution in [2.24, 2.45) is 0 Å². The first-order chi connectivity index (χ1) is 10.4. The molecule has 0 atom stereocenters. The molecule has 116 valence electrons. The molecule has 0 unspecified atom stereocenters. The van der Waals surface area contributed by atoms with Gasteiger partial charge >= 0.3 is 6.18 Å². The number of hydrogen-bond donors (Lipinski definition) is 1. The van der Waals surface area contributed by atoms with Gasteiger partial charge in [-0.3, -0.25) is 14.6 Å². The highest BCUT2D eigenvalue weighted by Gasteiger charge is 2.34. The summed E-state index contributed by atoms with van der Waals surface area (Å²) in [5.74, 6) is -0.565. The SMILES string of the molecule is O=C(Cn1cccc(C(F)(F)F)c1=O)NCc1cccnc1. The molecule has 2 rings (SSSR count). The molecule has 1 N–H and O–H groups in total. The molecule has 5 nitrogen and oxygen atoms in total. The van der Waals surface area contributed by atoms with Gasteiger partial charge in [0.05, 0.1) is 0 Å². The van der Waals surface area contributed by atoms with Crippen molar-refractivity contribution in [2.75, 3.05) is 0 Å². The van der Waals surface area contributed by atoms with Crippen LogP contribution in [0.15, 0.2) is 47.7 Å². The van der Waals surface area contributed by atoms with E-state index in [-0.39, 0.29) is 6.54 Å². The Balaban J connectivity index is 2.05. The Morgan fingerprint density at radius 2 is 2.05 bits per heavy atom. The Labute approximate surface area is 123 Å². The summed E-state index contributed by atoms with van der Waals surface area (Å²) in [5.41, 5.74) is -1.80. The van der Waals surface area contributed by atoms with E-state index in [0.717, 1.165) is 22.4 Å². The van der Waals surface area contributed by atoms with Crippen LogP contribution in [0, 0.1) is 0 Å². The summed E-state index contributed by atoms with van der Waals surface area (Å²) in [6, 6.07) is 5.20. The molecule has 0 spiro atoms. The Morgan fingerprint density at radius 3 is 2.68 bits per heavy atom. The molecule has 0 aromatic carbocycles. The Morgan fingerprint density at radius 1 is 1.27 bits per heavy atom. The molecule has 0 saturated carbocycles. The van der Waals surface area contributed by atoms with E-state index in [1.807, 2.05) is 0 Å². The maximum Gasteiger partial charge on any atom is 0.421 e. The summed E-state index contributed by atoms with van der Waals surface area (Å²) in [4.78, 5) is 27.3. The van der Waals surface area contributed by atoms with Crippen LogP contribution in [-0.2, 0) is 24.1 Å². The van der Waals surface area contributed by atoms with E-state index in [4.69, 9.17) is 0 Å². The maximum atomic E-state index is 12.6. The van der Waals surface area contributed by atoms with E-state index in [1.165, 1.54) is 0 Å². The number of carbonyl (C=O) groups excluding carboxylic acids is 1. The van der Waals surface area contributed by atoms with E-state index in [2.05, 4.69) is 10.3 Å². The second-order valence-electron chi connectivity index (χ2n) is 4.49. The predicted molar refractivity (Wildman–Crippen MR) is 71.8 cm³/mol. The summed E-state index contributed by atoms with van der Waals surface area (Å²) in [6.45, 7) is -0.302. The standard InChI is InChI=1S/C14H12F3N3O2/c15-14(16,17)11-4-2-6-20(13(11)22)9-12(21)19-8-10-3-1-5-18-7-10/h1-7H,8-9H2,(H,19,21). The quantitative estimate of drug-likeness (QED) is 0.932. The summed E-state index contributed by atoms with van der Waals surface area (Å²) in [7, 11) is 0. The molecule has 0 aliphatic carbocycles. The molecule has 0 bridgehead atoms. The van der Waals surface area contributed by atoms with Crippen LogP contribution in [0.4, 0.5) is 13.2 Å². The topological polar surface area (TPSA) is 64.0 Å². The van der Waals surface area contributed by atoms with Crippen molar-refractivity contribution in [3.8, 4) is 0 Å². The minimum atomic E-state index is -4.74. The predicted octanol–water partition coefficient (Wildman–Crippen LogP) is 1.58. The molecule has 1 amide bonds. The fraction of sp³-hybridized carbons (Fsp3) is 0.214. The molecule has 0 radical (unpaired) electrons. The van der Waals surface area contributed by atoms with E-state index in [1.54, 1.807) is 24.5 Å². The number of nitrogens with zero attached hydrogens (tertiary/aromatic N) is 2. The fourth-order valence-corrected chi connectivity index (χ4v) is 1.79. The Bertz CT molecular complexity index is 711. The monoisotopic (exact) mass is 311 g/mol. The molecular formula is C14H12F3N3O2. The number of halogens is 3. The number of carbonyl (C=O) groups is 1. The van der Waals surface area contributed by atoms with Gasteiger partial charge in [0.2, 0.25) is 5.91 Å².